The zero-order chi connectivity index (χ0) is 26.6. The van der Waals surface area contributed by atoms with Crippen LogP contribution in [0.3, 0.4) is 0 Å². The summed E-state index contributed by atoms with van der Waals surface area (Å²) >= 11 is 0. The third-order valence-corrected chi connectivity index (χ3v) is 6.74. The molecule has 4 rings (SSSR count). The SMILES string of the molecule is CC(C)CN(CC(C)C)c1ccc(C2(c3nnn[nH]3)CCCC2)cc1NC(=O)Nc1ccc(F)cc1F. The van der Waals surface area contributed by atoms with Crippen LogP contribution in [0.5, 0.6) is 0 Å². The zero-order valence-electron chi connectivity index (χ0n) is 21.8. The van der Waals surface area contributed by atoms with E-state index in [0.29, 0.717) is 23.3 Å². The summed E-state index contributed by atoms with van der Waals surface area (Å²) in [6.07, 6.45) is 3.86. The van der Waals surface area contributed by atoms with Gasteiger partial charge in [-0.15, -0.1) is 5.10 Å². The van der Waals surface area contributed by atoms with E-state index >= 15 is 0 Å². The second-order valence-electron chi connectivity index (χ2n) is 10.7. The highest BCUT2D eigenvalue weighted by Crippen LogP contribution is 2.46. The van der Waals surface area contributed by atoms with Gasteiger partial charge in [0, 0.05) is 19.2 Å². The highest BCUT2D eigenvalue weighted by Gasteiger charge is 2.41. The first kappa shape index (κ1) is 26.5. The number of tetrazole rings is 1. The molecule has 1 saturated carbocycles. The predicted molar refractivity (Wildman–Crippen MR) is 141 cm³/mol. The van der Waals surface area contributed by atoms with E-state index in [0.717, 1.165) is 62.2 Å². The number of urea groups is 1. The van der Waals surface area contributed by atoms with E-state index in [1.807, 2.05) is 12.1 Å². The third-order valence-electron chi connectivity index (χ3n) is 6.74. The predicted octanol–water partition coefficient (Wildman–Crippen LogP) is 6.10. The number of aromatic amines is 1. The quantitative estimate of drug-likeness (QED) is 0.322. The Bertz CT molecular complexity index is 1200. The lowest BCUT2D eigenvalue weighted by Gasteiger charge is -2.32. The standard InChI is InChI=1S/C27H35F2N7O/c1-17(2)15-36(16-18(3)4)24-10-7-19(27(11-5-6-12-27)25-32-34-35-33-25)13-23(24)31-26(37)30-22-9-8-20(28)14-21(22)29/h7-10,13-14,17-18H,5-6,11-12,15-16H2,1-4H3,(H2,30,31,37)(H,32,33,34,35). The fourth-order valence-electron chi connectivity index (χ4n) is 5.23. The number of hydrogen-bond acceptors (Lipinski definition) is 5. The minimum absolute atomic E-state index is 0.0992. The Kier molecular flexibility index (Phi) is 8.04. The molecule has 37 heavy (non-hydrogen) atoms. The summed E-state index contributed by atoms with van der Waals surface area (Å²) in [7, 11) is 0. The number of nitrogens with zero attached hydrogens (tertiary/aromatic N) is 4. The van der Waals surface area contributed by atoms with Crippen molar-refractivity contribution in [2.75, 3.05) is 28.6 Å². The lowest BCUT2D eigenvalue weighted by molar-refractivity contribution is 0.262. The summed E-state index contributed by atoms with van der Waals surface area (Å²) in [4.78, 5) is 15.3. The first-order valence-corrected chi connectivity index (χ1v) is 12.8. The number of carbonyl (C=O) groups excluding carboxylic acids is 1. The maximum atomic E-state index is 14.2. The van der Waals surface area contributed by atoms with Gasteiger partial charge in [-0.05, 0) is 64.9 Å². The molecule has 10 heteroatoms. The van der Waals surface area contributed by atoms with Gasteiger partial charge in [-0.25, -0.2) is 18.7 Å². The van der Waals surface area contributed by atoms with Gasteiger partial charge in [-0.1, -0.05) is 46.6 Å². The van der Waals surface area contributed by atoms with Crippen LogP contribution in [0.4, 0.5) is 30.6 Å². The van der Waals surface area contributed by atoms with Crippen LogP contribution in [-0.2, 0) is 5.41 Å². The monoisotopic (exact) mass is 511 g/mol. The smallest absolute Gasteiger partial charge is 0.323 e. The fraction of sp³-hybridized carbons (Fsp3) is 0.481. The van der Waals surface area contributed by atoms with Crippen molar-refractivity contribution in [3.8, 4) is 0 Å². The number of amides is 2. The molecule has 3 N–H and O–H groups in total. The number of hydrogen-bond donors (Lipinski definition) is 3. The molecule has 0 radical (unpaired) electrons. The van der Waals surface area contributed by atoms with E-state index in [4.69, 9.17) is 0 Å². The van der Waals surface area contributed by atoms with Crippen molar-refractivity contribution in [1.82, 2.24) is 20.6 Å². The van der Waals surface area contributed by atoms with Crippen LogP contribution in [0, 0.1) is 23.5 Å². The molecule has 0 bridgehead atoms. The normalized spacial score (nSPS) is 14.8. The number of aromatic nitrogens is 4. The molecule has 1 heterocycles. The van der Waals surface area contributed by atoms with Gasteiger partial charge in [0.25, 0.3) is 0 Å². The molecule has 2 aromatic carbocycles. The fourth-order valence-corrected chi connectivity index (χ4v) is 5.23. The van der Waals surface area contributed by atoms with Crippen molar-refractivity contribution in [1.29, 1.82) is 0 Å². The second kappa shape index (κ2) is 11.2. The number of nitrogens with one attached hydrogen (secondary N) is 3. The molecule has 8 nitrogen and oxygen atoms in total. The Morgan fingerprint density at radius 2 is 1.68 bits per heavy atom. The number of H-pyrrole nitrogens is 1. The molecule has 0 unspecified atom stereocenters. The number of rotatable bonds is 9. The number of benzene rings is 2. The van der Waals surface area contributed by atoms with Gasteiger partial charge in [0.1, 0.15) is 11.6 Å². The van der Waals surface area contributed by atoms with Gasteiger partial charge in [0.2, 0.25) is 0 Å². The van der Waals surface area contributed by atoms with Crippen molar-refractivity contribution < 1.29 is 13.6 Å². The topological polar surface area (TPSA) is 98.8 Å². The molecule has 0 saturated heterocycles. The van der Waals surface area contributed by atoms with Crippen LogP contribution in [0.25, 0.3) is 0 Å². The van der Waals surface area contributed by atoms with Crippen molar-refractivity contribution in [3.05, 3.63) is 59.4 Å². The van der Waals surface area contributed by atoms with Crippen LogP contribution in [0.15, 0.2) is 36.4 Å². The van der Waals surface area contributed by atoms with Gasteiger partial charge in [0.15, 0.2) is 5.82 Å². The van der Waals surface area contributed by atoms with E-state index in [1.54, 1.807) is 0 Å². The minimum Gasteiger partial charge on any atom is -0.369 e. The second-order valence-corrected chi connectivity index (χ2v) is 10.7. The van der Waals surface area contributed by atoms with Crippen molar-refractivity contribution in [3.63, 3.8) is 0 Å². The molecule has 1 aliphatic rings. The summed E-state index contributed by atoms with van der Waals surface area (Å²) in [5, 5.41) is 20.3. The summed E-state index contributed by atoms with van der Waals surface area (Å²) in [5.41, 5.74) is 2.02. The molecular formula is C27H35F2N7O. The number of carbonyl (C=O) groups is 1. The maximum Gasteiger partial charge on any atom is 0.323 e. The molecule has 1 aliphatic carbocycles. The molecule has 198 valence electrons. The van der Waals surface area contributed by atoms with Crippen LogP contribution < -0.4 is 15.5 Å². The molecule has 0 atom stereocenters. The highest BCUT2D eigenvalue weighted by atomic mass is 19.1. The van der Waals surface area contributed by atoms with Gasteiger partial charge in [-0.2, -0.15) is 0 Å². The Morgan fingerprint density at radius 1 is 1.00 bits per heavy atom. The molecule has 0 spiro atoms. The molecule has 3 aromatic rings. The van der Waals surface area contributed by atoms with Crippen LogP contribution in [-0.4, -0.2) is 39.7 Å². The molecular weight excluding hydrogens is 476 g/mol. The Labute approximate surface area is 216 Å². The van der Waals surface area contributed by atoms with Crippen molar-refractivity contribution in [2.45, 2.75) is 58.8 Å². The largest absolute Gasteiger partial charge is 0.369 e. The first-order chi connectivity index (χ1) is 17.7. The summed E-state index contributed by atoms with van der Waals surface area (Å²) < 4.78 is 27.5. The summed E-state index contributed by atoms with van der Waals surface area (Å²) in [6, 6.07) is 8.56. The Morgan fingerprint density at radius 3 is 2.27 bits per heavy atom. The lowest BCUT2D eigenvalue weighted by atomic mass is 9.78. The van der Waals surface area contributed by atoms with Crippen molar-refractivity contribution >= 4 is 23.1 Å². The number of halogens is 2. The third kappa shape index (κ3) is 6.06. The van der Waals surface area contributed by atoms with E-state index in [2.05, 4.69) is 69.9 Å². The molecule has 1 fully saturated rings. The minimum atomic E-state index is -0.840. The maximum absolute atomic E-state index is 14.2. The molecule has 0 aliphatic heterocycles. The average molecular weight is 512 g/mol. The van der Waals surface area contributed by atoms with Gasteiger partial charge in [-0.3, -0.25) is 0 Å². The van der Waals surface area contributed by atoms with E-state index in [-0.39, 0.29) is 11.1 Å². The van der Waals surface area contributed by atoms with E-state index in [1.165, 1.54) is 6.07 Å². The van der Waals surface area contributed by atoms with Crippen LogP contribution >= 0.6 is 0 Å². The van der Waals surface area contributed by atoms with Gasteiger partial charge in [0.05, 0.1) is 22.5 Å². The van der Waals surface area contributed by atoms with E-state index in [9.17, 15) is 13.6 Å². The zero-order valence-corrected chi connectivity index (χ0v) is 21.8. The first-order valence-electron chi connectivity index (χ1n) is 12.8. The van der Waals surface area contributed by atoms with E-state index < -0.39 is 17.7 Å². The molecule has 2 amide bonds. The number of anilines is 3. The van der Waals surface area contributed by atoms with Crippen molar-refractivity contribution in [2.24, 2.45) is 11.8 Å². The van der Waals surface area contributed by atoms with Crippen LogP contribution in [0.2, 0.25) is 0 Å². The van der Waals surface area contributed by atoms with Crippen LogP contribution in [0.1, 0.15) is 64.8 Å². The summed E-state index contributed by atoms with van der Waals surface area (Å²) in [6.45, 7) is 10.2. The Balaban J connectivity index is 1.73. The van der Waals surface area contributed by atoms with Gasteiger partial charge < -0.3 is 15.5 Å². The highest BCUT2D eigenvalue weighted by molar-refractivity contribution is 6.02. The Hall–Kier alpha value is -3.56. The summed E-state index contributed by atoms with van der Waals surface area (Å²) in [5.74, 6) is -0.0409. The lowest BCUT2D eigenvalue weighted by Crippen LogP contribution is -2.33. The average Bonchev–Trinajstić information content (AvgIpc) is 3.53. The van der Waals surface area contributed by atoms with Gasteiger partial charge >= 0.3 is 6.03 Å². The molecule has 1 aromatic heterocycles.